The van der Waals surface area contributed by atoms with Crippen LogP contribution in [0.2, 0.25) is 0 Å². The van der Waals surface area contributed by atoms with Gasteiger partial charge in [-0.25, -0.2) is 8.78 Å². The predicted molar refractivity (Wildman–Crippen MR) is 82.3 cm³/mol. The summed E-state index contributed by atoms with van der Waals surface area (Å²) >= 11 is 0. The Bertz CT molecular complexity index is 611. The number of nitrogens with two attached hydrogens (primary N) is 1. The molecule has 0 fully saturated rings. The van der Waals surface area contributed by atoms with Crippen LogP contribution >= 0.6 is 0 Å². The summed E-state index contributed by atoms with van der Waals surface area (Å²) in [5, 5.41) is 0. The summed E-state index contributed by atoms with van der Waals surface area (Å²) < 4.78 is 27.8. The van der Waals surface area contributed by atoms with Crippen molar-refractivity contribution in [1.82, 2.24) is 0 Å². The van der Waals surface area contributed by atoms with E-state index >= 15 is 0 Å². The zero-order valence-electron chi connectivity index (χ0n) is 12.3. The third-order valence-corrected chi connectivity index (χ3v) is 3.40. The maximum absolute atomic E-state index is 14.0. The molecule has 1 atom stereocenters. The summed E-state index contributed by atoms with van der Waals surface area (Å²) in [6.45, 7) is 2.22. The molecule has 4 heteroatoms. The Kier molecular flexibility index (Phi) is 4.91. The molecule has 2 aromatic carbocycles. The van der Waals surface area contributed by atoms with E-state index in [1.165, 1.54) is 12.1 Å². The van der Waals surface area contributed by atoms with Gasteiger partial charge < -0.3 is 10.6 Å². The summed E-state index contributed by atoms with van der Waals surface area (Å²) in [6, 6.07) is 11.4. The number of benzene rings is 2. The van der Waals surface area contributed by atoms with Crippen molar-refractivity contribution in [3.63, 3.8) is 0 Å². The Balaban J connectivity index is 2.29. The monoisotopic (exact) mass is 290 g/mol. The Morgan fingerprint density at radius 3 is 2.38 bits per heavy atom. The molecule has 0 aliphatic heterocycles. The van der Waals surface area contributed by atoms with Crippen LogP contribution < -0.4 is 10.6 Å². The zero-order chi connectivity index (χ0) is 15.4. The highest BCUT2D eigenvalue weighted by Crippen LogP contribution is 2.25. The third-order valence-electron chi connectivity index (χ3n) is 3.40. The van der Waals surface area contributed by atoms with Crippen molar-refractivity contribution in [3.8, 4) is 0 Å². The first-order valence-electron chi connectivity index (χ1n) is 6.96. The SMILES string of the molecule is CC(N)Cc1c(F)cccc1N(C)Cc1ccccc1F. The van der Waals surface area contributed by atoms with Crippen LogP contribution in [0.5, 0.6) is 0 Å². The summed E-state index contributed by atoms with van der Waals surface area (Å²) in [6.07, 6.45) is 0.448. The zero-order valence-corrected chi connectivity index (χ0v) is 12.3. The molecule has 21 heavy (non-hydrogen) atoms. The van der Waals surface area contributed by atoms with Gasteiger partial charge in [-0.1, -0.05) is 24.3 Å². The lowest BCUT2D eigenvalue weighted by atomic mass is 10.0. The van der Waals surface area contributed by atoms with Gasteiger partial charge in [0, 0.05) is 36.4 Å². The number of halogens is 2. The number of rotatable bonds is 5. The van der Waals surface area contributed by atoms with Crippen molar-refractivity contribution < 1.29 is 8.78 Å². The second kappa shape index (κ2) is 6.68. The normalized spacial score (nSPS) is 12.2. The molecule has 2 aromatic rings. The minimum atomic E-state index is -0.273. The molecule has 1 unspecified atom stereocenters. The molecular formula is C17H20F2N2. The lowest BCUT2D eigenvalue weighted by molar-refractivity contribution is 0.592. The Morgan fingerprint density at radius 1 is 1.05 bits per heavy atom. The quantitative estimate of drug-likeness (QED) is 0.913. The van der Waals surface area contributed by atoms with E-state index in [4.69, 9.17) is 5.73 Å². The first-order valence-corrected chi connectivity index (χ1v) is 6.96. The van der Waals surface area contributed by atoms with E-state index in [-0.39, 0.29) is 17.7 Å². The first kappa shape index (κ1) is 15.4. The van der Waals surface area contributed by atoms with E-state index in [0.717, 1.165) is 5.69 Å². The highest BCUT2D eigenvalue weighted by Gasteiger charge is 2.14. The second-order valence-electron chi connectivity index (χ2n) is 5.37. The Hall–Kier alpha value is -1.94. The van der Waals surface area contributed by atoms with Crippen LogP contribution in [0.25, 0.3) is 0 Å². The fraction of sp³-hybridized carbons (Fsp3) is 0.294. The molecule has 0 bridgehead atoms. The van der Waals surface area contributed by atoms with E-state index in [1.807, 2.05) is 24.9 Å². The van der Waals surface area contributed by atoms with E-state index in [2.05, 4.69) is 0 Å². The lowest BCUT2D eigenvalue weighted by Crippen LogP contribution is -2.23. The summed E-state index contributed by atoms with van der Waals surface area (Å²) in [5.41, 5.74) is 7.69. The van der Waals surface area contributed by atoms with Crippen molar-refractivity contribution >= 4 is 5.69 Å². The molecule has 0 saturated carbocycles. The van der Waals surface area contributed by atoms with Crippen LogP contribution in [0.1, 0.15) is 18.1 Å². The fourth-order valence-corrected chi connectivity index (χ4v) is 2.40. The first-order chi connectivity index (χ1) is 9.99. The van der Waals surface area contributed by atoms with Gasteiger partial charge in [0.2, 0.25) is 0 Å². The molecule has 0 aliphatic rings. The van der Waals surface area contributed by atoms with Crippen molar-refractivity contribution in [2.24, 2.45) is 5.73 Å². The Morgan fingerprint density at radius 2 is 1.71 bits per heavy atom. The molecule has 0 amide bonds. The van der Waals surface area contributed by atoms with Gasteiger partial charge in [0.05, 0.1) is 0 Å². The molecule has 0 heterocycles. The standard InChI is InChI=1S/C17H20F2N2/c1-12(20)10-14-16(19)8-5-9-17(14)21(2)11-13-6-3-4-7-15(13)18/h3-9,12H,10-11,20H2,1-2H3. The maximum atomic E-state index is 14.0. The second-order valence-corrected chi connectivity index (χ2v) is 5.37. The topological polar surface area (TPSA) is 29.3 Å². The molecular weight excluding hydrogens is 270 g/mol. The molecule has 0 spiro atoms. The van der Waals surface area contributed by atoms with Crippen LogP contribution in [0, 0.1) is 11.6 Å². The molecule has 0 aromatic heterocycles. The van der Waals surface area contributed by atoms with E-state index in [0.29, 0.717) is 24.1 Å². The van der Waals surface area contributed by atoms with Gasteiger partial charge in [-0.15, -0.1) is 0 Å². The van der Waals surface area contributed by atoms with Crippen molar-refractivity contribution in [3.05, 3.63) is 65.2 Å². The van der Waals surface area contributed by atoms with Gasteiger partial charge in [0.25, 0.3) is 0 Å². The van der Waals surface area contributed by atoms with E-state index in [9.17, 15) is 8.78 Å². The molecule has 2 rings (SSSR count). The number of nitrogens with zero attached hydrogens (tertiary/aromatic N) is 1. The molecule has 0 radical (unpaired) electrons. The van der Waals surface area contributed by atoms with Crippen LogP contribution in [0.3, 0.4) is 0 Å². The molecule has 112 valence electrons. The highest BCUT2D eigenvalue weighted by molar-refractivity contribution is 5.54. The lowest BCUT2D eigenvalue weighted by Gasteiger charge is -2.24. The van der Waals surface area contributed by atoms with Gasteiger partial charge in [0.1, 0.15) is 11.6 Å². The minimum absolute atomic E-state index is 0.137. The van der Waals surface area contributed by atoms with Gasteiger partial charge in [-0.2, -0.15) is 0 Å². The van der Waals surface area contributed by atoms with Gasteiger partial charge in [-0.05, 0) is 31.5 Å². The van der Waals surface area contributed by atoms with Crippen molar-refractivity contribution in [2.75, 3.05) is 11.9 Å². The number of hydrogen-bond donors (Lipinski definition) is 1. The third kappa shape index (κ3) is 3.79. The van der Waals surface area contributed by atoms with Crippen LogP contribution in [-0.4, -0.2) is 13.1 Å². The molecule has 2 N–H and O–H groups in total. The van der Waals surface area contributed by atoms with Gasteiger partial charge >= 0.3 is 0 Å². The maximum Gasteiger partial charge on any atom is 0.128 e. The average molecular weight is 290 g/mol. The summed E-state index contributed by atoms with van der Waals surface area (Å²) in [7, 11) is 1.83. The predicted octanol–water partition coefficient (Wildman–Crippen LogP) is 3.49. The molecule has 0 aliphatic carbocycles. The molecule has 2 nitrogen and oxygen atoms in total. The van der Waals surface area contributed by atoms with Crippen molar-refractivity contribution in [1.29, 1.82) is 0 Å². The summed E-state index contributed by atoms with van der Waals surface area (Å²) in [4.78, 5) is 1.85. The average Bonchev–Trinajstić information content (AvgIpc) is 2.43. The van der Waals surface area contributed by atoms with Gasteiger partial charge in [0.15, 0.2) is 0 Å². The van der Waals surface area contributed by atoms with Crippen molar-refractivity contribution in [2.45, 2.75) is 25.9 Å². The summed E-state index contributed by atoms with van der Waals surface area (Å²) in [5.74, 6) is -0.528. The highest BCUT2D eigenvalue weighted by atomic mass is 19.1. The van der Waals surface area contributed by atoms with E-state index in [1.54, 1.807) is 24.3 Å². The smallest absolute Gasteiger partial charge is 0.128 e. The molecule has 0 saturated heterocycles. The van der Waals surface area contributed by atoms with E-state index < -0.39 is 0 Å². The van der Waals surface area contributed by atoms with Crippen LogP contribution in [0.4, 0.5) is 14.5 Å². The van der Waals surface area contributed by atoms with Gasteiger partial charge in [-0.3, -0.25) is 0 Å². The minimum Gasteiger partial charge on any atom is -0.370 e. The largest absolute Gasteiger partial charge is 0.370 e. The van der Waals surface area contributed by atoms with Crippen LogP contribution in [-0.2, 0) is 13.0 Å². The fourth-order valence-electron chi connectivity index (χ4n) is 2.40. The number of anilines is 1. The number of hydrogen-bond acceptors (Lipinski definition) is 2. The Labute approximate surface area is 124 Å². The van der Waals surface area contributed by atoms with Crippen LogP contribution in [0.15, 0.2) is 42.5 Å².